The lowest BCUT2D eigenvalue weighted by molar-refractivity contribution is 0.278. The van der Waals surface area contributed by atoms with Gasteiger partial charge in [-0.2, -0.15) is 0 Å². The van der Waals surface area contributed by atoms with Gasteiger partial charge < -0.3 is 5.11 Å². The van der Waals surface area contributed by atoms with E-state index >= 15 is 0 Å². The molecular formula is C19H17BrN2O2. The van der Waals surface area contributed by atoms with Crippen molar-refractivity contribution < 1.29 is 5.11 Å². The molecule has 1 aromatic heterocycles. The van der Waals surface area contributed by atoms with Crippen LogP contribution in [0.1, 0.15) is 17.8 Å². The van der Waals surface area contributed by atoms with E-state index in [0.717, 1.165) is 10.0 Å². The van der Waals surface area contributed by atoms with E-state index in [-0.39, 0.29) is 12.2 Å². The maximum atomic E-state index is 12.7. The lowest BCUT2D eigenvalue weighted by Crippen LogP contribution is -2.24. The van der Waals surface area contributed by atoms with Crippen LogP contribution >= 0.6 is 15.9 Å². The monoisotopic (exact) mass is 384 g/mol. The van der Waals surface area contributed by atoms with Crippen LogP contribution in [0, 0.1) is 0 Å². The van der Waals surface area contributed by atoms with Crippen LogP contribution in [0.15, 0.2) is 57.8 Å². The van der Waals surface area contributed by atoms with Gasteiger partial charge in [0.25, 0.3) is 5.56 Å². The average molecular weight is 385 g/mol. The molecule has 1 heterocycles. The summed E-state index contributed by atoms with van der Waals surface area (Å²) < 4.78 is 2.61. The van der Waals surface area contributed by atoms with E-state index in [0.29, 0.717) is 29.7 Å². The first-order chi connectivity index (χ1) is 11.7. The van der Waals surface area contributed by atoms with Crippen molar-refractivity contribution in [2.24, 2.45) is 0 Å². The summed E-state index contributed by atoms with van der Waals surface area (Å²) in [7, 11) is 0. The lowest BCUT2D eigenvalue weighted by Gasteiger charge is -2.10. The van der Waals surface area contributed by atoms with Gasteiger partial charge in [-0.25, -0.2) is 4.98 Å². The second kappa shape index (κ2) is 7.55. The van der Waals surface area contributed by atoms with Gasteiger partial charge in [-0.15, -0.1) is 0 Å². The Labute approximate surface area is 148 Å². The second-order valence-electron chi connectivity index (χ2n) is 5.41. The van der Waals surface area contributed by atoms with E-state index in [4.69, 9.17) is 5.11 Å². The van der Waals surface area contributed by atoms with Crippen LogP contribution in [0.25, 0.3) is 23.1 Å². The lowest BCUT2D eigenvalue weighted by atomic mass is 10.2. The van der Waals surface area contributed by atoms with Gasteiger partial charge in [0.05, 0.1) is 10.9 Å². The zero-order valence-corrected chi connectivity index (χ0v) is 14.6. The molecule has 0 bridgehead atoms. The number of hydrogen-bond acceptors (Lipinski definition) is 3. The van der Waals surface area contributed by atoms with Crippen molar-refractivity contribution in [3.05, 3.63) is 74.7 Å². The maximum Gasteiger partial charge on any atom is 0.261 e. The molecule has 2 aromatic carbocycles. The minimum absolute atomic E-state index is 0.0358. The Morgan fingerprint density at radius 2 is 1.96 bits per heavy atom. The molecule has 0 amide bonds. The summed E-state index contributed by atoms with van der Waals surface area (Å²) in [6.07, 6.45) is 4.28. The number of fused-ring (bicyclic) bond motifs is 1. The van der Waals surface area contributed by atoms with Gasteiger partial charge in [0, 0.05) is 17.6 Å². The Bertz CT molecular complexity index is 947. The van der Waals surface area contributed by atoms with Gasteiger partial charge in [0.2, 0.25) is 0 Å². The van der Waals surface area contributed by atoms with Gasteiger partial charge in [-0.05, 0) is 42.3 Å². The molecule has 3 aromatic rings. The fraction of sp³-hybridized carbons (Fsp3) is 0.158. The van der Waals surface area contributed by atoms with Crippen LogP contribution in [0.5, 0.6) is 0 Å². The van der Waals surface area contributed by atoms with Crippen LogP contribution in [0.4, 0.5) is 0 Å². The van der Waals surface area contributed by atoms with Crippen molar-refractivity contribution in [1.29, 1.82) is 0 Å². The first-order valence-electron chi connectivity index (χ1n) is 7.73. The van der Waals surface area contributed by atoms with Crippen molar-refractivity contribution in [2.45, 2.75) is 13.0 Å². The van der Waals surface area contributed by atoms with Crippen molar-refractivity contribution in [1.82, 2.24) is 9.55 Å². The summed E-state index contributed by atoms with van der Waals surface area (Å²) >= 11 is 3.45. The molecule has 0 fully saturated rings. The van der Waals surface area contributed by atoms with Crippen LogP contribution in [-0.2, 0) is 6.54 Å². The number of benzene rings is 2. The highest BCUT2D eigenvalue weighted by Gasteiger charge is 2.08. The van der Waals surface area contributed by atoms with Gasteiger partial charge in [0.1, 0.15) is 5.82 Å². The minimum Gasteiger partial charge on any atom is -0.396 e. The minimum atomic E-state index is -0.0806. The molecule has 122 valence electrons. The predicted molar refractivity (Wildman–Crippen MR) is 101 cm³/mol. The smallest absolute Gasteiger partial charge is 0.261 e. The number of aliphatic hydroxyl groups excluding tert-OH is 1. The maximum absolute atomic E-state index is 12.7. The van der Waals surface area contributed by atoms with Gasteiger partial charge in [-0.1, -0.05) is 46.3 Å². The second-order valence-corrected chi connectivity index (χ2v) is 6.33. The molecule has 0 aliphatic carbocycles. The highest BCUT2D eigenvalue weighted by Crippen LogP contribution is 2.15. The number of nitrogens with zero attached hydrogens (tertiary/aromatic N) is 2. The fourth-order valence-electron chi connectivity index (χ4n) is 2.54. The summed E-state index contributed by atoms with van der Waals surface area (Å²) in [6, 6.07) is 15.2. The Morgan fingerprint density at radius 1 is 1.12 bits per heavy atom. The van der Waals surface area contributed by atoms with E-state index in [9.17, 15) is 4.79 Å². The summed E-state index contributed by atoms with van der Waals surface area (Å²) in [5.41, 5.74) is 1.61. The van der Waals surface area contributed by atoms with E-state index in [1.54, 1.807) is 10.6 Å². The molecule has 24 heavy (non-hydrogen) atoms. The SMILES string of the molecule is O=c1c2ccccc2nc(C=Cc2cccc(Br)c2)n1CCCO. The van der Waals surface area contributed by atoms with E-state index in [1.807, 2.05) is 54.6 Å². The zero-order chi connectivity index (χ0) is 16.9. The summed E-state index contributed by atoms with van der Waals surface area (Å²) in [5.74, 6) is 0.590. The van der Waals surface area contributed by atoms with Crippen molar-refractivity contribution in [3.8, 4) is 0 Å². The topological polar surface area (TPSA) is 55.1 Å². The number of aliphatic hydroxyl groups is 1. The highest BCUT2D eigenvalue weighted by atomic mass is 79.9. The quantitative estimate of drug-likeness (QED) is 0.729. The molecule has 0 radical (unpaired) electrons. The summed E-state index contributed by atoms with van der Waals surface area (Å²) in [6.45, 7) is 0.472. The molecule has 0 saturated heterocycles. The summed E-state index contributed by atoms with van der Waals surface area (Å²) in [5, 5.41) is 9.69. The number of aromatic nitrogens is 2. The Kier molecular flexibility index (Phi) is 5.23. The van der Waals surface area contributed by atoms with Crippen LogP contribution < -0.4 is 5.56 Å². The van der Waals surface area contributed by atoms with Crippen LogP contribution in [0.2, 0.25) is 0 Å². The Balaban J connectivity index is 2.09. The molecule has 0 unspecified atom stereocenters. The van der Waals surface area contributed by atoms with E-state index < -0.39 is 0 Å². The number of halogens is 1. The van der Waals surface area contributed by atoms with Gasteiger partial charge in [0.15, 0.2) is 0 Å². The molecule has 0 saturated carbocycles. The van der Waals surface area contributed by atoms with Crippen molar-refractivity contribution in [2.75, 3.05) is 6.61 Å². The average Bonchev–Trinajstić information content (AvgIpc) is 2.59. The standard InChI is InChI=1S/C19H17BrN2O2/c20-15-6-3-5-14(13-15)9-10-18-21-17-8-2-1-7-16(17)19(24)22(18)11-4-12-23/h1-3,5-10,13,23H,4,11-12H2. The fourth-order valence-corrected chi connectivity index (χ4v) is 2.96. The van der Waals surface area contributed by atoms with E-state index in [1.165, 1.54) is 0 Å². The molecule has 1 N–H and O–H groups in total. The van der Waals surface area contributed by atoms with Crippen LogP contribution in [0.3, 0.4) is 0 Å². The normalized spacial score (nSPS) is 11.4. The summed E-state index contributed by atoms with van der Waals surface area (Å²) in [4.78, 5) is 17.3. The molecule has 0 atom stereocenters. The molecular weight excluding hydrogens is 368 g/mol. The van der Waals surface area contributed by atoms with Gasteiger partial charge >= 0.3 is 0 Å². The highest BCUT2D eigenvalue weighted by molar-refractivity contribution is 9.10. The molecule has 4 nitrogen and oxygen atoms in total. The zero-order valence-electron chi connectivity index (χ0n) is 13.0. The largest absolute Gasteiger partial charge is 0.396 e. The Morgan fingerprint density at radius 3 is 2.75 bits per heavy atom. The van der Waals surface area contributed by atoms with Gasteiger partial charge in [-0.3, -0.25) is 9.36 Å². The third-order valence-corrected chi connectivity index (χ3v) is 4.20. The number of rotatable bonds is 5. The third kappa shape index (κ3) is 3.63. The molecule has 0 spiro atoms. The molecule has 5 heteroatoms. The first-order valence-corrected chi connectivity index (χ1v) is 8.52. The third-order valence-electron chi connectivity index (χ3n) is 3.70. The number of hydrogen-bond donors (Lipinski definition) is 1. The van der Waals surface area contributed by atoms with Crippen LogP contribution in [-0.4, -0.2) is 21.3 Å². The van der Waals surface area contributed by atoms with Crippen molar-refractivity contribution in [3.63, 3.8) is 0 Å². The molecule has 3 rings (SSSR count). The van der Waals surface area contributed by atoms with E-state index in [2.05, 4.69) is 20.9 Å². The number of para-hydroxylation sites is 1. The molecule has 0 aliphatic heterocycles. The first kappa shape index (κ1) is 16.6. The molecule has 0 aliphatic rings. The predicted octanol–water partition coefficient (Wildman–Crippen LogP) is 3.71. The Hall–Kier alpha value is -2.24. The van der Waals surface area contributed by atoms with Crippen molar-refractivity contribution >= 4 is 39.0 Å².